The van der Waals surface area contributed by atoms with E-state index in [4.69, 9.17) is 20.6 Å². The highest BCUT2D eigenvalue weighted by molar-refractivity contribution is 5.87. The molecule has 0 aliphatic heterocycles. The minimum absolute atomic E-state index is 0.368. The maximum Gasteiger partial charge on any atom is 0.150 e. The Kier molecular flexibility index (Phi) is 7.86. The van der Waals surface area contributed by atoms with Crippen molar-refractivity contribution in [3.63, 3.8) is 0 Å². The molecule has 0 aromatic heterocycles. The van der Waals surface area contributed by atoms with E-state index in [1.807, 2.05) is 37.3 Å². The van der Waals surface area contributed by atoms with Crippen LogP contribution in [0.1, 0.15) is 22.9 Å². The first-order chi connectivity index (χ1) is 13.5. The molecule has 0 saturated heterocycles. The fourth-order valence-electron chi connectivity index (χ4n) is 2.82. The van der Waals surface area contributed by atoms with Gasteiger partial charge in [0.1, 0.15) is 18.1 Å². The Balaban J connectivity index is 2.31. The van der Waals surface area contributed by atoms with Crippen molar-refractivity contribution in [2.75, 3.05) is 32.6 Å². The van der Waals surface area contributed by atoms with Gasteiger partial charge in [-0.05, 0) is 42.8 Å². The first kappa shape index (κ1) is 21.3. The SMILES string of the molecule is CN/C(=C\C=[N-])c1cc(NC(O)c2ccc(OC)c(C)c2)ccc1OCCN. The van der Waals surface area contributed by atoms with E-state index in [-0.39, 0.29) is 0 Å². The largest absolute Gasteiger partial charge is 0.811 e. The highest BCUT2D eigenvalue weighted by Gasteiger charge is 2.13. The third kappa shape index (κ3) is 5.25. The molecule has 0 spiro atoms. The van der Waals surface area contributed by atoms with Gasteiger partial charge in [0.05, 0.1) is 7.11 Å². The van der Waals surface area contributed by atoms with Crippen molar-refractivity contribution in [3.8, 4) is 11.5 Å². The van der Waals surface area contributed by atoms with E-state index in [9.17, 15) is 5.11 Å². The molecule has 2 aromatic rings. The minimum Gasteiger partial charge on any atom is -0.811 e. The summed E-state index contributed by atoms with van der Waals surface area (Å²) in [7, 11) is 3.36. The number of aliphatic hydroxyl groups excluding tert-OH is 1. The first-order valence-corrected chi connectivity index (χ1v) is 8.96. The molecular formula is C21H27N4O3-. The number of allylic oxidation sites excluding steroid dienone is 1. The zero-order chi connectivity index (χ0) is 20.5. The van der Waals surface area contributed by atoms with Crippen LogP contribution in [0.25, 0.3) is 11.1 Å². The van der Waals surface area contributed by atoms with E-state index in [0.29, 0.717) is 30.3 Å². The maximum atomic E-state index is 10.6. The average Bonchev–Trinajstić information content (AvgIpc) is 2.70. The van der Waals surface area contributed by atoms with Crippen LogP contribution in [0, 0.1) is 6.92 Å². The predicted octanol–water partition coefficient (Wildman–Crippen LogP) is 2.64. The van der Waals surface area contributed by atoms with E-state index >= 15 is 0 Å². The van der Waals surface area contributed by atoms with Crippen LogP contribution in [-0.4, -0.2) is 38.6 Å². The smallest absolute Gasteiger partial charge is 0.150 e. The molecule has 28 heavy (non-hydrogen) atoms. The molecular weight excluding hydrogens is 356 g/mol. The highest BCUT2D eigenvalue weighted by Crippen LogP contribution is 2.30. The van der Waals surface area contributed by atoms with Crippen LogP contribution in [0.4, 0.5) is 5.69 Å². The Bertz CT molecular complexity index is 836. The van der Waals surface area contributed by atoms with Crippen molar-refractivity contribution in [1.82, 2.24) is 5.32 Å². The van der Waals surface area contributed by atoms with Gasteiger partial charge in [0.2, 0.25) is 0 Å². The van der Waals surface area contributed by atoms with Crippen molar-refractivity contribution < 1.29 is 14.6 Å². The Morgan fingerprint density at radius 2 is 2.00 bits per heavy atom. The molecule has 0 aliphatic rings. The van der Waals surface area contributed by atoms with E-state index in [1.54, 1.807) is 20.2 Å². The molecule has 0 saturated carbocycles. The quantitative estimate of drug-likeness (QED) is 0.371. The second-order valence-corrected chi connectivity index (χ2v) is 6.10. The molecule has 0 heterocycles. The molecule has 0 fully saturated rings. The second-order valence-electron chi connectivity index (χ2n) is 6.10. The molecule has 2 aromatic carbocycles. The zero-order valence-corrected chi connectivity index (χ0v) is 16.4. The fraction of sp³-hybridized carbons (Fsp3) is 0.286. The van der Waals surface area contributed by atoms with Crippen LogP contribution < -0.4 is 25.8 Å². The molecule has 150 valence electrons. The summed E-state index contributed by atoms with van der Waals surface area (Å²) in [6.45, 7) is 2.68. The molecule has 2 rings (SSSR count). The molecule has 1 unspecified atom stereocenters. The Morgan fingerprint density at radius 3 is 2.61 bits per heavy atom. The molecule has 0 radical (unpaired) electrons. The third-order valence-electron chi connectivity index (χ3n) is 4.19. The molecule has 1 atom stereocenters. The molecule has 0 amide bonds. The van der Waals surface area contributed by atoms with Gasteiger partial charge in [0, 0.05) is 36.1 Å². The van der Waals surface area contributed by atoms with Crippen molar-refractivity contribution in [2.24, 2.45) is 5.73 Å². The lowest BCUT2D eigenvalue weighted by Crippen LogP contribution is -2.14. The van der Waals surface area contributed by atoms with Gasteiger partial charge in [-0.3, -0.25) is 0 Å². The number of nitrogens with one attached hydrogen (secondary N) is 2. The lowest BCUT2D eigenvalue weighted by molar-refractivity contribution is 0.208. The van der Waals surface area contributed by atoms with Gasteiger partial charge in [0.15, 0.2) is 6.23 Å². The highest BCUT2D eigenvalue weighted by atomic mass is 16.5. The monoisotopic (exact) mass is 383 g/mol. The summed E-state index contributed by atoms with van der Waals surface area (Å²) in [5.74, 6) is 1.39. The van der Waals surface area contributed by atoms with Gasteiger partial charge in [-0.2, -0.15) is 6.21 Å². The number of anilines is 1. The second kappa shape index (κ2) is 10.3. The Labute approximate surface area is 165 Å². The van der Waals surface area contributed by atoms with Gasteiger partial charge in [-0.1, -0.05) is 12.1 Å². The van der Waals surface area contributed by atoms with E-state index in [0.717, 1.165) is 28.7 Å². The van der Waals surface area contributed by atoms with Gasteiger partial charge < -0.3 is 36.4 Å². The van der Waals surface area contributed by atoms with Gasteiger partial charge in [-0.25, -0.2) is 0 Å². The molecule has 0 aliphatic carbocycles. The number of rotatable bonds is 10. The third-order valence-corrected chi connectivity index (χ3v) is 4.19. The summed E-state index contributed by atoms with van der Waals surface area (Å²) in [6.07, 6.45) is 1.57. The number of aryl methyl sites for hydroxylation is 1. The Morgan fingerprint density at radius 1 is 1.25 bits per heavy atom. The topological polar surface area (TPSA) is 111 Å². The summed E-state index contributed by atoms with van der Waals surface area (Å²) in [6, 6.07) is 10.9. The van der Waals surface area contributed by atoms with Gasteiger partial charge in [0.25, 0.3) is 0 Å². The number of aliphatic hydroxyl groups is 1. The summed E-state index contributed by atoms with van der Waals surface area (Å²) in [5.41, 5.74) is 9.26. The van der Waals surface area contributed by atoms with Crippen LogP contribution in [0.5, 0.6) is 11.5 Å². The number of methoxy groups -OCH3 is 1. The lowest BCUT2D eigenvalue weighted by Gasteiger charge is -2.19. The number of hydrogen-bond acceptors (Lipinski definition) is 6. The summed E-state index contributed by atoms with van der Waals surface area (Å²) >= 11 is 0. The van der Waals surface area contributed by atoms with Gasteiger partial charge in [-0.15, -0.1) is 0 Å². The maximum absolute atomic E-state index is 10.6. The standard InChI is InChI=1S/C21H27N4O3/c1-14-12-15(4-6-19(14)27-3)21(26)25-16-5-7-20(28-11-10-23)17(13-16)18(24-2)8-9-22/h4-9,12-13,21,24-26H,10-11,23H2,1-3H3/q-1/b18-8-. The van der Waals surface area contributed by atoms with E-state index < -0.39 is 6.23 Å². The van der Waals surface area contributed by atoms with Gasteiger partial charge >= 0.3 is 0 Å². The first-order valence-electron chi connectivity index (χ1n) is 8.96. The zero-order valence-electron chi connectivity index (χ0n) is 16.4. The summed E-state index contributed by atoms with van der Waals surface area (Å²) < 4.78 is 11.0. The number of benzene rings is 2. The van der Waals surface area contributed by atoms with Crippen molar-refractivity contribution in [2.45, 2.75) is 13.2 Å². The number of hydrogen-bond donors (Lipinski definition) is 4. The number of ether oxygens (including phenoxy) is 2. The Hall–Kier alpha value is -3.03. The normalized spacial score (nSPS) is 12.2. The predicted molar refractivity (Wildman–Crippen MR) is 114 cm³/mol. The van der Waals surface area contributed by atoms with E-state index in [1.165, 1.54) is 6.08 Å². The molecule has 7 nitrogen and oxygen atoms in total. The minimum atomic E-state index is -0.903. The lowest BCUT2D eigenvalue weighted by atomic mass is 10.1. The van der Waals surface area contributed by atoms with E-state index in [2.05, 4.69) is 10.6 Å². The fourth-order valence-corrected chi connectivity index (χ4v) is 2.82. The van der Waals surface area contributed by atoms with Crippen LogP contribution in [0.15, 0.2) is 42.5 Å². The average molecular weight is 383 g/mol. The van der Waals surface area contributed by atoms with Crippen molar-refractivity contribution in [3.05, 3.63) is 64.6 Å². The van der Waals surface area contributed by atoms with Crippen molar-refractivity contribution in [1.29, 1.82) is 0 Å². The number of nitrogens with two attached hydrogens (primary N) is 1. The summed E-state index contributed by atoms with van der Waals surface area (Å²) in [4.78, 5) is 0. The molecule has 7 heteroatoms. The van der Waals surface area contributed by atoms with Crippen LogP contribution in [0.2, 0.25) is 0 Å². The van der Waals surface area contributed by atoms with Crippen LogP contribution in [-0.2, 0) is 0 Å². The molecule has 5 N–H and O–H groups in total. The number of nitrogens with zero attached hydrogens (tertiary/aromatic N) is 1. The summed E-state index contributed by atoms with van der Waals surface area (Å²) in [5, 5.41) is 25.8. The van der Waals surface area contributed by atoms with Crippen LogP contribution >= 0.6 is 0 Å². The van der Waals surface area contributed by atoms with Crippen LogP contribution in [0.3, 0.4) is 0 Å². The molecule has 0 bridgehead atoms. The van der Waals surface area contributed by atoms with Crippen molar-refractivity contribution >= 4 is 17.6 Å².